The number of nitrogens with one attached hydrogen (secondary N) is 2. The van der Waals surface area contributed by atoms with E-state index >= 15 is 0 Å². The Bertz CT molecular complexity index is 790. The quantitative estimate of drug-likeness (QED) is 0.621. The fourth-order valence-electron chi connectivity index (χ4n) is 1.98. The molecule has 0 aliphatic heterocycles. The van der Waals surface area contributed by atoms with E-state index in [1.54, 1.807) is 25.1 Å². The fraction of sp³-hybridized carbons (Fsp3) is 0.375. The highest BCUT2D eigenvalue weighted by atomic mass is 32.2. The van der Waals surface area contributed by atoms with Gasteiger partial charge in [-0.3, -0.25) is 14.4 Å². The Hall–Kier alpha value is -2.35. The van der Waals surface area contributed by atoms with Crippen molar-refractivity contribution in [2.45, 2.75) is 19.1 Å². The van der Waals surface area contributed by atoms with Crippen molar-refractivity contribution < 1.29 is 14.7 Å². The van der Waals surface area contributed by atoms with Gasteiger partial charge in [0, 0.05) is 18.7 Å². The largest absolute Gasteiger partial charge is 0.481 e. The van der Waals surface area contributed by atoms with Crippen molar-refractivity contribution in [2.24, 2.45) is 5.92 Å². The average molecular weight is 349 g/mol. The average Bonchev–Trinajstić information content (AvgIpc) is 2.56. The lowest BCUT2D eigenvalue weighted by molar-refractivity contribution is -0.141. The molecule has 7 nitrogen and oxygen atoms in total. The zero-order valence-corrected chi connectivity index (χ0v) is 14.1. The Kier molecular flexibility index (Phi) is 6.36. The first-order valence-electron chi connectivity index (χ1n) is 7.52. The second-order valence-electron chi connectivity index (χ2n) is 5.38. The molecular weight excluding hydrogens is 330 g/mol. The Balaban J connectivity index is 1.77. The number of hydrogen-bond acceptors (Lipinski definition) is 5. The van der Waals surface area contributed by atoms with E-state index in [2.05, 4.69) is 15.3 Å². The van der Waals surface area contributed by atoms with Crippen molar-refractivity contribution >= 4 is 34.5 Å². The summed E-state index contributed by atoms with van der Waals surface area (Å²) >= 11 is 1.48. The maximum Gasteiger partial charge on any atom is 0.308 e. The van der Waals surface area contributed by atoms with E-state index in [1.165, 1.54) is 11.8 Å². The van der Waals surface area contributed by atoms with Gasteiger partial charge in [-0.15, -0.1) is 0 Å². The predicted molar refractivity (Wildman–Crippen MR) is 93.0 cm³/mol. The van der Waals surface area contributed by atoms with Gasteiger partial charge in [0.15, 0.2) is 0 Å². The highest BCUT2D eigenvalue weighted by Gasteiger charge is 2.12. The first kappa shape index (κ1) is 18.0. The molecule has 0 aliphatic carbocycles. The zero-order chi connectivity index (χ0) is 17.5. The van der Waals surface area contributed by atoms with Crippen molar-refractivity contribution in [2.75, 3.05) is 12.3 Å². The minimum absolute atomic E-state index is 0.123. The first-order chi connectivity index (χ1) is 11.5. The summed E-state index contributed by atoms with van der Waals surface area (Å²) < 4.78 is 0. The topological polar surface area (TPSA) is 112 Å². The summed E-state index contributed by atoms with van der Waals surface area (Å²) in [5.74, 6) is -0.0912. The Morgan fingerprint density at radius 3 is 2.88 bits per heavy atom. The number of hydrogen-bond donors (Lipinski definition) is 3. The molecule has 0 radical (unpaired) electrons. The molecule has 0 fully saturated rings. The van der Waals surface area contributed by atoms with Gasteiger partial charge in [-0.1, -0.05) is 19.1 Å². The summed E-state index contributed by atoms with van der Waals surface area (Å²) in [6.45, 7) is 1.66. The molecule has 1 unspecified atom stereocenters. The number of aliphatic carboxylic acids is 1. The van der Waals surface area contributed by atoms with Crippen molar-refractivity contribution in [3.63, 3.8) is 0 Å². The molecule has 2 aromatic rings. The van der Waals surface area contributed by atoms with Crippen LogP contribution in [-0.2, 0) is 15.3 Å². The summed E-state index contributed by atoms with van der Waals surface area (Å²) in [6, 6.07) is 7.13. The third kappa shape index (κ3) is 5.09. The highest BCUT2D eigenvalue weighted by Crippen LogP contribution is 2.12. The van der Waals surface area contributed by atoms with Crippen LogP contribution in [0.15, 0.2) is 29.1 Å². The van der Waals surface area contributed by atoms with E-state index < -0.39 is 11.9 Å². The van der Waals surface area contributed by atoms with Gasteiger partial charge in [-0.25, -0.2) is 4.98 Å². The van der Waals surface area contributed by atoms with E-state index in [-0.39, 0.29) is 24.4 Å². The molecule has 1 heterocycles. The fourth-order valence-corrected chi connectivity index (χ4v) is 2.78. The summed E-state index contributed by atoms with van der Waals surface area (Å²) in [6.07, 6.45) is 0.287. The van der Waals surface area contributed by atoms with Crippen LogP contribution < -0.4 is 10.9 Å². The van der Waals surface area contributed by atoms with Gasteiger partial charge < -0.3 is 15.4 Å². The zero-order valence-electron chi connectivity index (χ0n) is 13.2. The maximum atomic E-state index is 11.9. The van der Waals surface area contributed by atoms with Crippen LogP contribution in [0.25, 0.3) is 10.9 Å². The van der Waals surface area contributed by atoms with Crippen LogP contribution in [0.4, 0.5) is 0 Å². The molecular formula is C16H19N3O4S. The number of carboxylic acid groups (broad SMARTS) is 1. The molecule has 0 bridgehead atoms. The minimum Gasteiger partial charge on any atom is -0.481 e. The third-order valence-electron chi connectivity index (χ3n) is 3.40. The lowest BCUT2D eigenvalue weighted by Gasteiger charge is -2.08. The number of rotatable bonds is 8. The minimum atomic E-state index is -0.934. The standard InChI is InChI=1S/C16H19N3O4S/c1-10(16(22)23)8-17-14(20)6-7-24-9-13-18-12-5-3-2-4-11(12)15(21)19-13/h2-5,10H,6-9H2,1H3,(H,17,20)(H,22,23)(H,18,19,21). The molecule has 1 atom stereocenters. The highest BCUT2D eigenvalue weighted by molar-refractivity contribution is 7.98. The number of benzene rings is 1. The Labute approximate surface area is 142 Å². The monoisotopic (exact) mass is 349 g/mol. The predicted octanol–water partition coefficient (Wildman–Crippen LogP) is 1.38. The van der Waals surface area contributed by atoms with Crippen LogP contribution in [0, 0.1) is 5.92 Å². The smallest absolute Gasteiger partial charge is 0.308 e. The number of thioether (sulfide) groups is 1. The van der Waals surface area contributed by atoms with Crippen LogP contribution in [0.3, 0.4) is 0 Å². The number of H-pyrrole nitrogens is 1. The molecule has 8 heteroatoms. The lowest BCUT2D eigenvalue weighted by Crippen LogP contribution is -2.31. The van der Waals surface area contributed by atoms with E-state index in [0.717, 1.165) is 0 Å². The number of aromatic amines is 1. The molecule has 0 saturated carbocycles. The number of amides is 1. The summed E-state index contributed by atoms with van der Waals surface area (Å²) in [5, 5.41) is 11.9. The van der Waals surface area contributed by atoms with E-state index in [4.69, 9.17) is 5.11 Å². The van der Waals surface area contributed by atoms with E-state index in [0.29, 0.717) is 28.2 Å². The number of carbonyl (C=O) groups excluding carboxylic acids is 1. The summed E-state index contributed by atoms with van der Waals surface area (Å²) in [4.78, 5) is 41.3. The normalized spacial score (nSPS) is 12.0. The van der Waals surface area contributed by atoms with Crippen molar-refractivity contribution in [3.8, 4) is 0 Å². The van der Waals surface area contributed by atoms with Crippen molar-refractivity contribution in [1.82, 2.24) is 15.3 Å². The second kappa shape index (κ2) is 8.49. The summed E-state index contributed by atoms with van der Waals surface area (Å²) in [7, 11) is 0. The SMILES string of the molecule is CC(CNC(=O)CCSCc1nc2ccccc2c(=O)[nH]1)C(=O)O. The summed E-state index contributed by atoms with van der Waals surface area (Å²) in [5.41, 5.74) is 0.480. The van der Waals surface area contributed by atoms with Crippen LogP contribution in [0.1, 0.15) is 19.2 Å². The number of aromatic nitrogens is 2. The Morgan fingerprint density at radius 1 is 1.38 bits per heavy atom. The molecule has 24 heavy (non-hydrogen) atoms. The number of fused-ring (bicyclic) bond motifs is 1. The molecule has 2 rings (SSSR count). The van der Waals surface area contributed by atoms with Crippen molar-refractivity contribution in [3.05, 3.63) is 40.4 Å². The molecule has 1 aromatic heterocycles. The van der Waals surface area contributed by atoms with Gasteiger partial charge in [0.25, 0.3) is 5.56 Å². The van der Waals surface area contributed by atoms with Gasteiger partial charge >= 0.3 is 5.97 Å². The molecule has 1 amide bonds. The van der Waals surface area contributed by atoms with Gasteiger partial charge in [0.1, 0.15) is 5.82 Å². The molecule has 0 spiro atoms. The Morgan fingerprint density at radius 2 is 2.12 bits per heavy atom. The van der Waals surface area contributed by atoms with E-state index in [9.17, 15) is 14.4 Å². The number of para-hydroxylation sites is 1. The molecule has 3 N–H and O–H groups in total. The molecule has 0 saturated heterocycles. The van der Waals surface area contributed by atoms with Crippen LogP contribution >= 0.6 is 11.8 Å². The van der Waals surface area contributed by atoms with E-state index in [1.807, 2.05) is 6.07 Å². The van der Waals surface area contributed by atoms with Gasteiger partial charge in [-0.05, 0) is 12.1 Å². The van der Waals surface area contributed by atoms with Gasteiger partial charge in [0.2, 0.25) is 5.91 Å². The second-order valence-corrected chi connectivity index (χ2v) is 6.48. The van der Waals surface area contributed by atoms with Crippen LogP contribution in [0.2, 0.25) is 0 Å². The molecule has 0 aliphatic rings. The molecule has 128 valence electrons. The van der Waals surface area contributed by atoms with Gasteiger partial charge in [0.05, 0.1) is 22.6 Å². The molecule has 1 aromatic carbocycles. The lowest BCUT2D eigenvalue weighted by atomic mass is 10.2. The maximum absolute atomic E-state index is 11.9. The number of carboxylic acids is 1. The van der Waals surface area contributed by atoms with Crippen molar-refractivity contribution in [1.29, 1.82) is 0 Å². The van der Waals surface area contributed by atoms with Crippen LogP contribution in [0.5, 0.6) is 0 Å². The number of carbonyl (C=O) groups is 2. The van der Waals surface area contributed by atoms with Gasteiger partial charge in [-0.2, -0.15) is 11.8 Å². The third-order valence-corrected chi connectivity index (χ3v) is 4.37. The number of nitrogens with zero attached hydrogens (tertiary/aromatic N) is 1. The first-order valence-corrected chi connectivity index (χ1v) is 8.68. The van der Waals surface area contributed by atoms with Crippen LogP contribution in [-0.4, -0.2) is 39.2 Å².